The molecule has 0 amide bonds. The first-order valence-corrected chi connectivity index (χ1v) is 9.97. The van der Waals surface area contributed by atoms with Gasteiger partial charge in [-0.05, 0) is 22.9 Å². The summed E-state index contributed by atoms with van der Waals surface area (Å²) in [7, 11) is -3.65. The molecule has 126 valence electrons. The molecule has 25 heavy (non-hydrogen) atoms. The summed E-state index contributed by atoms with van der Waals surface area (Å²) in [6, 6.07) is 14.6. The monoisotopic (exact) mass is 370 g/mol. The zero-order valence-corrected chi connectivity index (χ0v) is 14.7. The first kappa shape index (κ1) is 15.9. The van der Waals surface area contributed by atoms with Crippen LogP contribution in [0.25, 0.3) is 16.5 Å². The Morgan fingerprint density at radius 2 is 1.92 bits per heavy atom. The van der Waals surface area contributed by atoms with Crippen molar-refractivity contribution < 1.29 is 8.42 Å². The van der Waals surface area contributed by atoms with Gasteiger partial charge in [0.05, 0.1) is 29.0 Å². The zero-order chi connectivity index (χ0) is 17.3. The molecular weight excluding hydrogens is 356 g/mol. The van der Waals surface area contributed by atoms with E-state index in [1.807, 2.05) is 41.1 Å². The van der Waals surface area contributed by atoms with Gasteiger partial charge in [0, 0.05) is 10.8 Å². The van der Waals surface area contributed by atoms with Crippen LogP contribution in [0.1, 0.15) is 5.69 Å². The van der Waals surface area contributed by atoms with Crippen molar-refractivity contribution in [3.63, 3.8) is 0 Å². The highest BCUT2D eigenvalue weighted by molar-refractivity contribution is 7.89. The second-order valence-corrected chi connectivity index (χ2v) is 7.95. The topological polar surface area (TPSA) is 76.9 Å². The molecule has 2 aromatic carbocycles. The van der Waals surface area contributed by atoms with Crippen molar-refractivity contribution in [2.24, 2.45) is 0 Å². The van der Waals surface area contributed by atoms with Crippen LogP contribution in [0.15, 0.2) is 70.4 Å². The number of rotatable bonds is 5. The first-order valence-electron chi connectivity index (χ1n) is 7.55. The lowest BCUT2D eigenvalue weighted by Crippen LogP contribution is -2.23. The molecule has 0 fully saturated rings. The highest BCUT2D eigenvalue weighted by Gasteiger charge is 2.17. The summed E-state index contributed by atoms with van der Waals surface area (Å²) in [5.74, 6) is 0. The fourth-order valence-corrected chi connectivity index (χ4v) is 4.42. The van der Waals surface area contributed by atoms with Gasteiger partial charge in [-0.15, -0.1) is 5.10 Å². The maximum absolute atomic E-state index is 12.7. The largest absolute Gasteiger partial charge is 0.241 e. The van der Waals surface area contributed by atoms with E-state index in [0.717, 1.165) is 11.1 Å². The van der Waals surface area contributed by atoms with Crippen LogP contribution in [0.5, 0.6) is 0 Å². The number of aromatic nitrogens is 3. The van der Waals surface area contributed by atoms with E-state index < -0.39 is 10.0 Å². The third kappa shape index (κ3) is 3.19. The highest BCUT2D eigenvalue weighted by Crippen LogP contribution is 2.22. The van der Waals surface area contributed by atoms with Gasteiger partial charge in [0.25, 0.3) is 0 Å². The Hall–Kier alpha value is -2.55. The molecule has 0 unspecified atom stereocenters. The number of thiophene rings is 1. The van der Waals surface area contributed by atoms with Gasteiger partial charge in [-0.1, -0.05) is 41.6 Å². The van der Waals surface area contributed by atoms with E-state index in [4.69, 9.17) is 0 Å². The van der Waals surface area contributed by atoms with E-state index >= 15 is 0 Å². The normalized spacial score (nSPS) is 11.8. The van der Waals surface area contributed by atoms with Gasteiger partial charge in [-0.3, -0.25) is 0 Å². The van der Waals surface area contributed by atoms with Gasteiger partial charge in [-0.25, -0.2) is 17.8 Å². The Morgan fingerprint density at radius 3 is 2.76 bits per heavy atom. The van der Waals surface area contributed by atoms with E-state index in [1.165, 1.54) is 0 Å². The molecule has 0 spiro atoms. The molecule has 0 saturated heterocycles. The maximum Gasteiger partial charge on any atom is 0.241 e. The number of fused-ring (bicyclic) bond motifs is 1. The summed E-state index contributed by atoms with van der Waals surface area (Å²) in [6.45, 7) is 0.0791. The van der Waals surface area contributed by atoms with Crippen molar-refractivity contribution in [2.45, 2.75) is 11.4 Å². The Bertz CT molecular complexity index is 1110. The molecule has 4 rings (SSSR count). The second kappa shape index (κ2) is 6.40. The molecule has 0 bridgehead atoms. The van der Waals surface area contributed by atoms with Crippen LogP contribution in [0.3, 0.4) is 0 Å². The molecule has 4 aromatic rings. The first-order chi connectivity index (χ1) is 12.1. The fraction of sp³-hybridized carbons (Fsp3) is 0.0588. The molecule has 0 aliphatic heterocycles. The summed E-state index contributed by atoms with van der Waals surface area (Å²) in [5.41, 5.74) is 1.45. The van der Waals surface area contributed by atoms with Crippen molar-refractivity contribution in [3.05, 3.63) is 71.2 Å². The molecular formula is C17H14N4O2S2. The van der Waals surface area contributed by atoms with E-state index in [1.54, 1.807) is 40.4 Å². The molecule has 0 atom stereocenters. The van der Waals surface area contributed by atoms with Gasteiger partial charge in [0.1, 0.15) is 0 Å². The number of nitrogens with one attached hydrogen (secondary N) is 1. The van der Waals surface area contributed by atoms with Gasteiger partial charge in [0.15, 0.2) is 0 Å². The third-order valence-electron chi connectivity index (χ3n) is 3.79. The predicted octanol–water partition coefficient (Wildman–Crippen LogP) is 2.96. The molecule has 8 heteroatoms. The average Bonchev–Trinajstić information content (AvgIpc) is 3.31. The minimum atomic E-state index is -3.65. The zero-order valence-electron chi connectivity index (χ0n) is 13.0. The van der Waals surface area contributed by atoms with Crippen molar-refractivity contribution in [2.75, 3.05) is 0 Å². The SMILES string of the molecule is O=S(=O)(NCc1cn(-c2ccsc2)nn1)c1cccc2ccccc12. The Kier molecular flexibility index (Phi) is 4.08. The molecule has 0 aliphatic carbocycles. The number of nitrogens with zero attached hydrogens (tertiary/aromatic N) is 3. The number of sulfonamides is 1. The average molecular weight is 370 g/mol. The van der Waals surface area contributed by atoms with Gasteiger partial charge < -0.3 is 0 Å². The molecule has 2 aromatic heterocycles. The van der Waals surface area contributed by atoms with Crippen molar-refractivity contribution in [1.29, 1.82) is 0 Å². The lowest BCUT2D eigenvalue weighted by molar-refractivity contribution is 0.581. The number of hydrogen-bond acceptors (Lipinski definition) is 5. The second-order valence-electron chi connectivity index (χ2n) is 5.44. The lowest BCUT2D eigenvalue weighted by Gasteiger charge is -2.08. The van der Waals surface area contributed by atoms with Crippen LogP contribution < -0.4 is 4.72 Å². The van der Waals surface area contributed by atoms with Gasteiger partial charge in [-0.2, -0.15) is 11.3 Å². The maximum atomic E-state index is 12.7. The summed E-state index contributed by atoms with van der Waals surface area (Å²) in [4.78, 5) is 0.260. The lowest BCUT2D eigenvalue weighted by atomic mass is 10.1. The van der Waals surface area contributed by atoms with E-state index in [-0.39, 0.29) is 11.4 Å². The van der Waals surface area contributed by atoms with Crippen LogP contribution in [-0.4, -0.2) is 23.4 Å². The third-order valence-corrected chi connectivity index (χ3v) is 5.92. The number of hydrogen-bond donors (Lipinski definition) is 1. The molecule has 6 nitrogen and oxygen atoms in total. The van der Waals surface area contributed by atoms with Crippen molar-refractivity contribution in [1.82, 2.24) is 19.7 Å². The van der Waals surface area contributed by atoms with Crippen LogP contribution in [-0.2, 0) is 16.6 Å². The van der Waals surface area contributed by atoms with Gasteiger partial charge >= 0.3 is 0 Å². The Labute approximate surface area is 148 Å². The predicted molar refractivity (Wildman–Crippen MR) is 97.2 cm³/mol. The summed E-state index contributed by atoms with van der Waals surface area (Å²) in [5, 5.41) is 13.5. The van der Waals surface area contributed by atoms with E-state index in [0.29, 0.717) is 11.1 Å². The minimum Gasteiger partial charge on any atom is -0.220 e. The molecule has 1 N–H and O–H groups in total. The molecule has 0 saturated carbocycles. The minimum absolute atomic E-state index is 0.0791. The number of benzene rings is 2. The van der Waals surface area contributed by atoms with Crippen LogP contribution in [0, 0.1) is 0 Å². The Morgan fingerprint density at radius 1 is 1.08 bits per heavy atom. The summed E-state index contributed by atoms with van der Waals surface area (Å²) in [6.07, 6.45) is 1.72. The highest BCUT2D eigenvalue weighted by atomic mass is 32.2. The summed E-state index contributed by atoms with van der Waals surface area (Å²) >= 11 is 1.56. The Balaban J connectivity index is 1.58. The van der Waals surface area contributed by atoms with Crippen LogP contribution in [0.4, 0.5) is 0 Å². The molecule has 0 aliphatic rings. The standard InChI is InChI=1S/C17H14N4O2S2/c22-25(23,17-7-3-5-13-4-1-2-6-16(13)17)18-10-14-11-21(20-19-14)15-8-9-24-12-15/h1-9,11-12,18H,10H2. The van der Waals surface area contributed by atoms with Crippen LogP contribution >= 0.6 is 11.3 Å². The van der Waals surface area contributed by atoms with E-state index in [9.17, 15) is 8.42 Å². The van der Waals surface area contributed by atoms with Crippen molar-refractivity contribution in [3.8, 4) is 5.69 Å². The quantitative estimate of drug-likeness (QED) is 0.586. The summed E-state index contributed by atoms with van der Waals surface area (Å²) < 4.78 is 29.6. The van der Waals surface area contributed by atoms with Gasteiger partial charge in [0.2, 0.25) is 10.0 Å². The molecule has 2 heterocycles. The molecule has 0 radical (unpaired) electrons. The smallest absolute Gasteiger partial charge is 0.220 e. The fourth-order valence-electron chi connectivity index (χ4n) is 2.57. The van der Waals surface area contributed by atoms with Crippen LogP contribution in [0.2, 0.25) is 0 Å². The van der Waals surface area contributed by atoms with Crippen molar-refractivity contribution >= 4 is 32.1 Å². The van der Waals surface area contributed by atoms with E-state index in [2.05, 4.69) is 15.0 Å².